The van der Waals surface area contributed by atoms with Crippen LogP contribution in [-0.2, 0) is 102 Å². The fourth-order valence-electron chi connectivity index (χ4n) is 17.7. The molecule has 7 aromatic rings. The van der Waals surface area contributed by atoms with Crippen LogP contribution in [0.25, 0.3) is 22.3 Å². The molecule has 36 heteroatoms. The van der Waals surface area contributed by atoms with E-state index in [1.54, 1.807) is 60.7 Å². The maximum atomic E-state index is 16.7. The van der Waals surface area contributed by atoms with Gasteiger partial charge in [-0.05, 0) is 174 Å². The van der Waals surface area contributed by atoms with Crippen LogP contribution in [0.2, 0.25) is 0 Å². The van der Waals surface area contributed by atoms with Gasteiger partial charge in [-0.2, -0.15) is 0 Å². The summed E-state index contributed by atoms with van der Waals surface area (Å²) in [5.41, 5.74) is 8.37. The number of carbonyl (C=O) groups excluding carboxylic acids is 15. The third kappa shape index (κ3) is 24.5. The van der Waals surface area contributed by atoms with E-state index in [9.17, 15) is 33.6 Å². The van der Waals surface area contributed by atoms with Crippen molar-refractivity contribution in [2.75, 3.05) is 25.5 Å². The Labute approximate surface area is 785 Å². The number of primary amides is 1. The quantitative estimate of drug-likeness (QED) is 0.0164. The maximum Gasteiger partial charge on any atom is 0.417 e. The zero-order valence-electron chi connectivity index (χ0n) is 76.9. The van der Waals surface area contributed by atoms with Crippen LogP contribution >= 0.6 is 12.1 Å². The molecule has 2 saturated carbocycles. The van der Waals surface area contributed by atoms with Crippen molar-refractivity contribution in [2.45, 2.75) is 248 Å². The first-order valence-electron chi connectivity index (χ1n) is 45.1. The summed E-state index contributed by atoms with van der Waals surface area (Å²) in [5.74, 6) is -13.4. The van der Waals surface area contributed by atoms with Gasteiger partial charge in [0, 0.05) is 49.7 Å². The van der Waals surface area contributed by atoms with E-state index in [-0.39, 0.29) is 29.8 Å². The molecule has 0 radical (unpaired) electrons. The number of imide groups is 2. The van der Waals surface area contributed by atoms with Crippen molar-refractivity contribution in [2.24, 2.45) is 5.73 Å². The van der Waals surface area contributed by atoms with Crippen LogP contribution in [0.15, 0.2) is 170 Å². The number of hydrogen-bond acceptors (Lipinski definition) is 20. The number of H-pyrrole nitrogens is 1. The summed E-state index contributed by atoms with van der Waals surface area (Å²) < 4.78 is 12.8. The third-order valence-electron chi connectivity index (χ3n) is 25.3. The molecule has 0 saturated heterocycles. The number of hydrogen-bond donors (Lipinski definition) is 12. The zero-order valence-corrected chi connectivity index (χ0v) is 80.3. The molecule has 0 bridgehead atoms. The van der Waals surface area contributed by atoms with Gasteiger partial charge in [0.05, 0.1) is 12.0 Å². The zero-order chi connectivity index (χ0) is 96.6. The normalized spacial score (nSPS) is 16.2. The Morgan fingerprint density at radius 3 is 1.16 bits per heavy atom. The lowest BCUT2D eigenvalue weighted by Crippen LogP contribution is -2.65. The van der Waals surface area contributed by atoms with Gasteiger partial charge >= 0.3 is 12.2 Å². The standard InChI is InChI=1S/C97H121N15O17P2S2/c1-56(82(98)114)107-92(124)96(9,10)109-86(118)61(6)103-84(116)58(3)104-88(120)80(53-130(132,65-33-17-13-18-34-65)66-35-19-14-20-36-66)111(94(126)128-51-77-73-45-29-25-41-69(73)70-42-26-30-46-74(70)77)90(122)62(7)106-85(117)59(4)105-89(121)81(54-131(133,67-37-21-15-22-38-67)68-39-23-16-24-40-68)112(95(127)129-52-78-75-47-31-27-43-71(75)72-44-28-32-48-76(72)78)91(123)79(49-64-50-99-55-100-64)108-93(125)97(11,12)110-87(119)60(5)102-83(115)57(2)101-63(8)113/h15-16,21-32,37-48,50,55-62,65-66,77-81H,13-14,17-20,33-36,49,51-54H2,1-12H3,(H2,98,114)(H,99,100)(H,101,113)(H,102,115)(H,103,116)(H,104,120)(H,105,121)(H,106,117)(H,107,124)(H,108,125)(H,109,118)(H,110,119)/t56-,57-,58-,59-,60-,61-,62-,79-,80-,81+/m0/s1. The Kier molecular flexibility index (Phi) is 34.0. The van der Waals surface area contributed by atoms with Crippen LogP contribution < -0.4 is 69.5 Å². The monoisotopic (exact) mass is 1890 g/mol. The lowest BCUT2D eigenvalue weighted by Gasteiger charge is -2.44. The number of imidazole rings is 1. The highest BCUT2D eigenvalue weighted by atomic mass is 32.4. The number of benzene rings is 6. The van der Waals surface area contributed by atoms with Crippen molar-refractivity contribution in [1.82, 2.24) is 72.9 Å². The Morgan fingerprint density at radius 2 is 0.774 bits per heavy atom. The average Bonchev–Trinajstić information content (AvgIpc) is 0.908. The van der Waals surface area contributed by atoms with Gasteiger partial charge in [-0.1, -0.05) is 220 Å². The molecular formula is C97H121N15O17P2S2. The highest BCUT2D eigenvalue weighted by molar-refractivity contribution is 8.22. The predicted octanol–water partition coefficient (Wildman–Crippen LogP) is 7.83. The van der Waals surface area contributed by atoms with E-state index >= 15 is 38.4 Å². The lowest BCUT2D eigenvalue weighted by molar-refractivity contribution is -0.143. The van der Waals surface area contributed by atoms with Gasteiger partial charge in [-0.3, -0.25) is 62.3 Å². The molecule has 4 aliphatic carbocycles. The van der Waals surface area contributed by atoms with Crippen LogP contribution in [-0.4, -0.2) is 217 Å². The molecule has 1 heterocycles. The summed E-state index contributed by atoms with van der Waals surface area (Å²) in [6.07, 6.45) is 6.77. The fourth-order valence-corrected chi connectivity index (χ4v) is 28.0. The summed E-state index contributed by atoms with van der Waals surface area (Å²) >= 11 is 14.0. The summed E-state index contributed by atoms with van der Waals surface area (Å²) in [6.45, 7) is 15.2. The van der Waals surface area contributed by atoms with Gasteiger partial charge in [0.1, 0.15) is 84.7 Å². The highest BCUT2D eigenvalue weighted by Gasteiger charge is 2.50. The smallest absolute Gasteiger partial charge is 0.417 e. The first-order valence-corrected chi connectivity index (χ1v) is 51.2. The largest absolute Gasteiger partial charge is 0.448 e. The Morgan fingerprint density at radius 1 is 0.429 bits per heavy atom. The number of aromatic nitrogens is 2. The molecule has 10 atom stereocenters. The lowest BCUT2D eigenvalue weighted by atomic mass is 9.98. The maximum absolute atomic E-state index is 16.7. The first-order chi connectivity index (χ1) is 63.1. The van der Waals surface area contributed by atoms with Crippen molar-refractivity contribution in [3.05, 3.63) is 198 Å². The van der Waals surface area contributed by atoms with Crippen LogP contribution in [0, 0.1) is 0 Å². The molecule has 0 spiro atoms. The summed E-state index contributed by atoms with van der Waals surface area (Å²) in [5, 5.41) is 27.2. The average molecular weight is 1900 g/mol. The SMILES string of the molecule is CC(=O)N[C@@H](C)C(=O)N[C@@H](C)C(=O)NC(C)(C)C(=O)N[C@@H](Cc1c[nH]cn1)C(=O)N(C(=O)OCC1c2ccccc2-c2ccccc21)[C@H](CP(=S)(c1ccccc1)c1ccccc1)C(=O)N[C@@H](C)C(=O)N[C@@H](C)C(=O)N(C(=O)OCC1c2ccccc2-c2ccccc21)[C@@H](CP(=S)(C1CCCCC1)C1CCCCC1)C(=O)N[C@@H](C)C(=O)N[C@@H](C)C(=O)NC(C)(C)C(=O)N[C@@H](C)C(N)=O. The summed E-state index contributed by atoms with van der Waals surface area (Å²) in [4.78, 5) is 230. The minimum absolute atomic E-state index is 0.105. The third-order valence-corrected chi connectivity index (χ3v) is 36.8. The molecule has 708 valence electrons. The van der Waals surface area contributed by atoms with Crippen molar-refractivity contribution in [3.63, 3.8) is 0 Å². The number of ether oxygens (including phenoxy) is 2. The number of aromatic amines is 1. The molecule has 0 aliphatic heterocycles. The number of rotatable bonds is 38. The molecule has 15 amide bonds. The van der Waals surface area contributed by atoms with E-state index in [1.807, 2.05) is 97.1 Å². The van der Waals surface area contributed by atoms with Crippen LogP contribution in [0.4, 0.5) is 9.59 Å². The van der Waals surface area contributed by atoms with Gasteiger partial charge in [0.25, 0.3) is 11.8 Å². The van der Waals surface area contributed by atoms with Gasteiger partial charge in [-0.15, -0.1) is 0 Å². The minimum Gasteiger partial charge on any atom is -0.448 e. The van der Waals surface area contributed by atoms with E-state index < -0.39 is 204 Å². The molecule has 2 fully saturated rings. The molecule has 0 unspecified atom stereocenters. The number of nitrogens with two attached hydrogens (primary N) is 1. The van der Waals surface area contributed by atoms with Gasteiger partial charge < -0.3 is 73.4 Å². The Hall–Kier alpha value is -12.1. The highest BCUT2D eigenvalue weighted by Crippen LogP contribution is 2.64. The number of fused-ring (bicyclic) bond motifs is 6. The van der Waals surface area contributed by atoms with Gasteiger partial charge in [0.15, 0.2) is 0 Å². The number of amides is 15. The summed E-state index contributed by atoms with van der Waals surface area (Å²) in [6, 6.07) is 25.3. The molecule has 133 heavy (non-hydrogen) atoms. The van der Waals surface area contributed by atoms with Crippen LogP contribution in [0.5, 0.6) is 0 Å². The Balaban J connectivity index is 0.974. The Bertz CT molecular complexity index is 5440. The van der Waals surface area contributed by atoms with Gasteiger partial charge in [-0.25, -0.2) is 24.4 Å². The second kappa shape index (κ2) is 44.6. The minimum atomic E-state index is -3.57. The molecule has 13 N–H and O–H groups in total. The van der Waals surface area contributed by atoms with E-state index in [0.717, 1.165) is 83.0 Å². The van der Waals surface area contributed by atoms with Gasteiger partial charge in [0.2, 0.25) is 65.0 Å². The van der Waals surface area contributed by atoms with E-state index in [0.29, 0.717) is 46.1 Å². The number of carbonyl (C=O) groups is 15. The van der Waals surface area contributed by atoms with Crippen molar-refractivity contribution in [3.8, 4) is 22.3 Å². The summed E-state index contributed by atoms with van der Waals surface area (Å²) in [7, 11) is 0. The topological polar surface area (TPSA) is 456 Å². The molecule has 32 nitrogen and oxygen atoms in total. The second-order valence-electron chi connectivity index (χ2n) is 36.0. The van der Waals surface area contributed by atoms with E-state index in [1.165, 1.54) is 95.6 Å². The number of nitrogens with zero attached hydrogens (tertiary/aromatic N) is 3. The first kappa shape index (κ1) is 101. The predicted molar refractivity (Wildman–Crippen MR) is 512 cm³/mol. The van der Waals surface area contributed by atoms with E-state index in [4.69, 9.17) is 38.8 Å². The van der Waals surface area contributed by atoms with Crippen molar-refractivity contribution >= 4 is 135 Å². The van der Waals surface area contributed by atoms with Crippen molar-refractivity contribution in [1.29, 1.82) is 0 Å². The number of nitrogens with one attached hydrogen (secondary N) is 11. The molecular weight excluding hydrogens is 1770 g/mol. The second-order valence-corrected chi connectivity index (χ2v) is 46.3. The molecule has 11 rings (SSSR count). The van der Waals surface area contributed by atoms with Crippen molar-refractivity contribution < 1.29 is 81.4 Å². The molecule has 6 aromatic carbocycles. The van der Waals surface area contributed by atoms with E-state index in [2.05, 4.69) is 63.1 Å². The fraction of sp³-hybridized carbons (Fsp3) is 0.443. The molecule has 1 aromatic heterocycles. The molecule has 4 aliphatic rings. The van der Waals surface area contributed by atoms with Crippen LogP contribution in [0.3, 0.4) is 0 Å². The van der Waals surface area contributed by atoms with Crippen LogP contribution in [0.1, 0.15) is 187 Å².